The summed E-state index contributed by atoms with van der Waals surface area (Å²) in [6.07, 6.45) is 1.19. The number of carbonyl (C=O) groups excluding carboxylic acids is 1. The lowest BCUT2D eigenvalue weighted by molar-refractivity contribution is 0.0597. The van der Waals surface area contributed by atoms with Crippen molar-refractivity contribution in [3.8, 4) is 0 Å². The monoisotopic (exact) mass is 477 g/mol. The average molecular weight is 478 g/mol. The molecule has 1 saturated heterocycles. The molecule has 0 unspecified atom stereocenters. The van der Waals surface area contributed by atoms with Gasteiger partial charge in [0.15, 0.2) is 0 Å². The number of amides is 1. The number of sulfonamides is 1. The molecule has 178 valence electrons. The van der Waals surface area contributed by atoms with Crippen LogP contribution in [0.15, 0.2) is 84.9 Å². The van der Waals surface area contributed by atoms with Crippen molar-refractivity contribution in [1.82, 2.24) is 9.80 Å². The third kappa shape index (κ3) is 5.32. The molecule has 0 spiro atoms. The molecule has 4 rings (SSSR count). The molecular formula is C27H31N3O3S. The Morgan fingerprint density at radius 2 is 1.32 bits per heavy atom. The smallest absolute Gasteiger partial charge is 0.253 e. The number of carbonyl (C=O) groups is 1. The number of nitrogens with zero attached hydrogens (tertiary/aromatic N) is 3. The van der Waals surface area contributed by atoms with Crippen molar-refractivity contribution in [3.05, 3.63) is 102 Å². The first-order valence-electron chi connectivity index (χ1n) is 11.6. The Morgan fingerprint density at radius 1 is 0.824 bits per heavy atom. The largest absolute Gasteiger partial charge is 0.336 e. The number of benzene rings is 3. The van der Waals surface area contributed by atoms with Crippen molar-refractivity contribution >= 4 is 21.6 Å². The van der Waals surface area contributed by atoms with Gasteiger partial charge in [0.1, 0.15) is 0 Å². The lowest BCUT2D eigenvalue weighted by Gasteiger charge is -2.39. The molecule has 1 amide bonds. The number of hydrogen-bond acceptors (Lipinski definition) is 4. The molecule has 0 saturated carbocycles. The van der Waals surface area contributed by atoms with Crippen LogP contribution in [-0.4, -0.2) is 63.1 Å². The molecule has 0 aliphatic carbocycles. The fourth-order valence-corrected chi connectivity index (χ4v) is 5.60. The highest BCUT2D eigenvalue weighted by Crippen LogP contribution is 2.29. The summed E-state index contributed by atoms with van der Waals surface area (Å²) in [5.74, 6) is -0.0235. The maximum Gasteiger partial charge on any atom is 0.253 e. The zero-order chi connectivity index (χ0) is 24.1. The van der Waals surface area contributed by atoms with Crippen LogP contribution in [0.4, 0.5) is 5.69 Å². The molecule has 1 fully saturated rings. The van der Waals surface area contributed by atoms with Crippen molar-refractivity contribution in [2.24, 2.45) is 0 Å². The van der Waals surface area contributed by atoms with E-state index in [9.17, 15) is 13.2 Å². The molecule has 0 aromatic heterocycles. The van der Waals surface area contributed by atoms with Gasteiger partial charge in [0.2, 0.25) is 10.0 Å². The summed E-state index contributed by atoms with van der Waals surface area (Å²) in [6.45, 7) is 4.96. The van der Waals surface area contributed by atoms with Crippen LogP contribution in [0.5, 0.6) is 0 Å². The van der Waals surface area contributed by atoms with Crippen LogP contribution in [0, 0.1) is 0 Å². The molecule has 3 aromatic carbocycles. The minimum atomic E-state index is -3.35. The summed E-state index contributed by atoms with van der Waals surface area (Å²) in [5, 5.41) is 0. The zero-order valence-corrected chi connectivity index (χ0v) is 20.5. The fraction of sp³-hybridized carbons (Fsp3) is 0.296. The molecule has 1 aliphatic heterocycles. The van der Waals surface area contributed by atoms with Gasteiger partial charge in [-0.05, 0) is 42.3 Å². The highest BCUT2D eigenvalue weighted by molar-refractivity contribution is 7.92. The molecule has 34 heavy (non-hydrogen) atoms. The highest BCUT2D eigenvalue weighted by atomic mass is 32.2. The van der Waals surface area contributed by atoms with E-state index in [0.717, 1.165) is 13.1 Å². The Balaban J connectivity index is 1.46. The zero-order valence-electron chi connectivity index (χ0n) is 19.7. The first-order valence-corrected chi connectivity index (χ1v) is 13.4. The number of rotatable bonds is 7. The number of piperazine rings is 1. The normalized spacial score (nSPS) is 14.9. The van der Waals surface area contributed by atoms with Crippen molar-refractivity contribution < 1.29 is 13.2 Å². The second-order valence-corrected chi connectivity index (χ2v) is 10.4. The van der Waals surface area contributed by atoms with E-state index in [1.54, 1.807) is 31.2 Å². The molecule has 0 radical (unpaired) electrons. The van der Waals surface area contributed by atoms with Crippen LogP contribution in [0.2, 0.25) is 0 Å². The lowest BCUT2D eigenvalue weighted by atomic mass is 9.96. The molecule has 0 N–H and O–H groups in total. The second-order valence-electron chi connectivity index (χ2n) is 8.53. The summed E-state index contributed by atoms with van der Waals surface area (Å²) < 4.78 is 25.3. The predicted octanol–water partition coefficient (Wildman–Crippen LogP) is 4.02. The molecule has 6 nitrogen and oxygen atoms in total. The summed E-state index contributed by atoms with van der Waals surface area (Å²) in [5.41, 5.74) is 3.63. The van der Waals surface area contributed by atoms with Gasteiger partial charge in [0.05, 0.1) is 18.0 Å². The number of hydrogen-bond donors (Lipinski definition) is 0. The van der Waals surface area contributed by atoms with Crippen molar-refractivity contribution in [1.29, 1.82) is 0 Å². The van der Waals surface area contributed by atoms with Crippen LogP contribution < -0.4 is 4.31 Å². The van der Waals surface area contributed by atoms with Crippen molar-refractivity contribution in [2.75, 3.05) is 43.3 Å². The number of anilines is 1. The second kappa shape index (κ2) is 10.4. The molecule has 0 atom stereocenters. The van der Waals surface area contributed by atoms with Gasteiger partial charge in [-0.25, -0.2) is 8.42 Å². The van der Waals surface area contributed by atoms with Gasteiger partial charge in [-0.3, -0.25) is 14.0 Å². The standard InChI is InChI=1S/C27H31N3O3S/c1-3-30(34(2,32)33)25-16-14-24(15-17-25)27(31)29-20-18-28(19-21-29)26(22-10-6-4-7-11-22)23-12-8-5-9-13-23/h4-17,26H,3,18-21H2,1-2H3. The molecule has 1 aliphatic rings. The van der Waals surface area contributed by atoms with E-state index in [2.05, 4.69) is 53.4 Å². The summed E-state index contributed by atoms with van der Waals surface area (Å²) in [6, 6.07) is 28.0. The minimum Gasteiger partial charge on any atom is -0.336 e. The quantitative estimate of drug-likeness (QED) is 0.516. The lowest BCUT2D eigenvalue weighted by Crippen LogP contribution is -2.49. The molecule has 1 heterocycles. The van der Waals surface area contributed by atoms with E-state index in [4.69, 9.17) is 0 Å². The van der Waals surface area contributed by atoms with Crippen LogP contribution in [-0.2, 0) is 10.0 Å². The molecule has 0 bridgehead atoms. The van der Waals surface area contributed by atoms with Crippen LogP contribution >= 0.6 is 0 Å². The SMILES string of the molecule is CCN(c1ccc(C(=O)N2CCN(C(c3ccccc3)c3ccccc3)CC2)cc1)S(C)(=O)=O. The van der Waals surface area contributed by atoms with E-state index in [1.165, 1.54) is 21.7 Å². The van der Waals surface area contributed by atoms with E-state index < -0.39 is 10.0 Å². The van der Waals surface area contributed by atoms with Crippen LogP contribution in [0.25, 0.3) is 0 Å². The summed E-state index contributed by atoms with van der Waals surface area (Å²) in [4.78, 5) is 17.5. The van der Waals surface area contributed by atoms with Gasteiger partial charge in [-0.15, -0.1) is 0 Å². The van der Waals surface area contributed by atoms with Gasteiger partial charge in [-0.1, -0.05) is 60.7 Å². The first kappa shape index (κ1) is 24.0. The van der Waals surface area contributed by atoms with Gasteiger partial charge < -0.3 is 4.90 Å². The topological polar surface area (TPSA) is 60.9 Å². The van der Waals surface area contributed by atoms with Gasteiger partial charge in [-0.2, -0.15) is 0 Å². The maximum absolute atomic E-state index is 13.1. The van der Waals surface area contributed by atoms with Gasteiger partial charge >= 0.3 is 0 Å². The van der Waals surface area contributed by atoms with E-state index in [0.29, 0.717) is 30.9 Å². The Labute approximate surface area is 202 Å². The Kier molecular flexibility index (Phi) is 7.34. The Hall–Kier alpha value is -3.16. The van der Waals surface area contributed by atoms with E-state index >= 15 is 0 Å². The van der Waals surface area contributed by atoms with E-state index in [1.807, 2.05) is 17.0 Å². The van der Waals surface area contributed by atoms with Crippen LogP contribution in [0.1, 0.15) is 34.5 Å². The average Bonchev–Trinajstić information content (AvgIpc) is 2.86. The fourth-order valence-electron chi connectivity index (χ4n) is 4.63. The predicted molar refractivity (Wildman–Crippen MR) is 137 cm³/mol. The molecule has 7 heteroatoms. The van der Waals surface area contributed by atoms with Crippen molar-refractivity contribution in [3.63, 3.8) is 0 Å². The first-order chi connectivity index (χ1) is 16.4. The maximum atomic E-state index is 13.1. The third-order valence-electron chi connectivity index (χ3n) is 6.29. The van der Waals surface area contributed by atoms with Crippen LogP contribution in [0.3, 0.4) is 0 Å². The summed E-state index contributed by atoms with van der Waals surface area (Å²) >= 11 is 0. The minimum absolute atomic E-state index is 0.0235. The molecule has 3 aromatic rings. The van der Waals surface area contributed by atoms with E-state index in [-0.39, 0.29) is 11.9 Å². The highest BCUT2D eigenvalue weighted by Gasteiger charge is 2.28. The Morgan fingerprint density at radius 3 is 1.76 bits per heavy atom. The Bertz CT molecular complexity index is 1150. The third-order valence-corrected chi connectivity index (χ3v) is 7.56. The molecular weight excluding hydrogens is 446 g/mol. The summed E-state index contributed by atoms with van der Waals surface area (Å²) in [7, 11) is -3.35. The van der Waals surface area contributed by atoms with Crippen molar-refractivity contribution in [2.45, 2.75) is 13.0 Å². The van der Waals surface area contributed by atoms with Gasteiger partial charge in [0.25, 0.3) is 5.91 Å². The van der Waals surface area contributed by atoms with Gasteiger partial charge in [0, 0.05) is 38.3 Å².